The van der Waals surface area contributed by atoms with Crippen LogP contribution in [0.2, 0.25) is 5.02 Å². The maximum atomic E-state index is 12.8. The van der Waals surface area contributed by atoms with Crippen molar-refractivity contribution in [1.29, 1.82) is 0 Å². The van der Waals surface area contributed by atoms with Gasteiger partial charge in [0.05, 0.1) is 5.56 Å². The fourth-order valence-electron chi connectivity index (χ4n) is 2.83. The molecule has 1 atom stereocenters. The lowest BCUT2D eigenvalue weighted by Gasteiger charge is -2.15. The van der Waals surface area contributed by atoms with Crippen LogP contribution in [-0.4, -0.2) is 24.7 Å². The van der Waals surface area contributed by atoms with Crippen LogP contribution in [0.15, 0.2) is 29.1 Å². The summed E-state index contributed by atoms with van der Waals surface area (Å²) in [6.07, 6.45) is -4.47. The van der Waals surface area contributed by atoms with Gasteiger partial charge in [0.15, 0.2) is 5.82 Å². The van der Waals surface area contributed by atoms with E-state index in [4.69, 9.17) is 11.6 Å². The van der Waals surface area contributed by atoms with Gasteiger partial charge in [0.1, 0.15) is 17.3 Å². The van der Waals surface area contributed by atoms with Gasteiger partial charge < -0.3 is 9.55 Å². The molecule has 0 unspecified atom stereocenters. The van der Waals surface area contributed by atoms with Gasteiger partial charge in [0.25, 0.3) is 5.56 Å². The van der Waals surface area contributed by atoms with E-state index in [9.17, 15) is 18.0 Å². The van der Waals surface area contributed by atoms with E-state index in [0.29, 0.717) is 28.7 Å². The van der Waals surface area contributed by atoms with Crippen LogP contribution in [0.25, 0.3) is 11.5 Å². The molecule has 0 aliphatic heterocycles. The molecule has 2 aromatic heterocycles. The summed E-state index contributed by atoms with van der Waals surface area (Å²) in [6, 6.07) is 4.51. The van der Waals surface area contributed by atoms with Crippen LogP contribution in [0, 0.1) is 6.92 Å². The molecule has 0 radical (unpaired) electrons. The highest BCUT2D eigenvalue weighted by Crippen LogP contribution is 2.36. The number of nitrogens with zero attached hydrogens (tertiary/aromatic N) is 4. The number of benzene rings is 1. The number of aromatic amines is 1. The quantitative estimate of drug-likeness (QED) is 0.731. The van der Waals surface area contributed by atoms with Crippen LogP contribution in [0.3, 0.4) is 0 Å². The second-order valence-corrected chi connectivity index (χ2v) is 6.52. The Morgan fingerprint density at radius 2 is 1.93 bits per heavy atom. The highest BCUT2D eigenvalue weighted by Gasteiger charge is 2.31. The lowest BCUT2D eigenvalue weighted by Crippen LogP contribution is -2.11. The standard InChI is InChI=1S/C17H15ClF3N5O/c1-8(11-5-4-10(6-12(11)18)17(19,20)21)15-24-25-16(26(15)3)13-7-14(27)23-9(2)22-13/h4-8H,1-3H3,(H,22,23,27)/t8-/m0/s1. The third-order valence-corrected chi connectivity index (χ3v) is 4.51. The third-order valence-electron chi connectivity index (χ3n) is 4.18. The van der Waals surface area contributed by atoms with Crippen molar-refractivity contribution < 1.29 is 13.2 Å². The van der Waals surface area contributed by atoms with Crippen LogP contribution in [0.1, 0.15) is 35.6 Å². The van der Waals surface area contributed by atoms with Crippen molar-refractivity contribution in [2.45, 2.75) is 25.9 Å². The molecule has 0 saturated heterocycles. The molecule has 0 amide bonds. The lowest BCUT2D eigenvalue weighted by molar-refractivity contribution is -0.137. The third kappa shape index (κ3) is 3.73. The Morgan fingerprint density at radius 3 is 2.52 bits per heavy atom. The van der Waals surface area contributed by atoms with E-state index in [1.54, 1.807) is 25.5 Å². The van der Waals surface area contributed by atoms with E-state index >= 15 is 0 Å². The first kappa shape index (κ1) is 19.1. The van der Waals surface area contributed by atoms with Crippen molar-refractivity contribution in [1.82, 2.24) is 24.7 Å². The van der Waals surface area contributed by atoms with Crippen LogP contribution >= 0.6 is 11.6 Å². The molecule has 3 aromatic rings. The largest absolute Gasteiger partial charge is 0.416 e. The number of alkyl halides is 3. The number of rotatable bonds is 3. The van der Waals surface area contributed by atoms with Gasteiger partial charge in [0.2, 0.25) is 0 Å². The first-order valence-electron chi connectivity index (χ1n) is 7.92. The molecule has 2 heterocycles. The molecule has 0 saturated carbocycles. The Morgan fingerprint density at radius 1 is 1.22 bits per heavy atom. The SMILES string of the molecule is Cc1nc(-c2nnc([C@@H](C)c3ccc(C(F)(F)F)cc3Cl)n2C)cc(=O)[nH]1. The fourth-order valence-corrected chi connectivity index (χ4v) is 3.17. The predicted octanol–water partition coefficient (Wildman–Crippen LogP) is 3.70. The van der Waals surface area contributed by atoms with Crippen LogP contribution in [0.4, 0.5) is 13.2 Å². The molecule has 0 spiro atoms. The minimum Gasteiger partial charge on any atom is -0.312 e. The van der Waals surface area contributed by atoms with Gasteiger partial charge in [-0.1, -0.05) is 24.6 Å². The van der Waals surface area contributed by atoms with E-state index in [2.05, 4.69) is 20.2 Å². The molecule has 27 heavy (non-hydrogen) atoms. The molecule has 0 aliphatic carbocycles. The second kappa shape index (κ2) is 6.80. The summed E-state index contributed by atoms with van der Waals surface area (Å²) in [5, 5.41) is 8.19. The fraction of sp³-hybridized carbons (Fsp3) is 0.294. The van der Waals surface area contributed by atoms with Crippen molar-refractivity contribution in [3.63, 3.8) is 0 Å². The van der Waals surface area contributed by atoms with Crippen LogP contribution in [-0.2, 0) is 13.2 Å². The molecule has 0 aliphatic rings. The van der Waals surface area contributed by atoms with Gasteiger partial charge in [-0.05, 0) is 24.6 Å². The number of aromatic nitrogens is 5. The average molecular weight is 398 g/mol. The number of nitrogens with one attached hydrogen (secondary N) is 1. The van der Waals surface area contributed by atoms with Crippen LogP contribution in [0.5, 0.6) is 0 Å². The molecule has 1 N–H and O–H groups in total. The highest BCUT2D eigenvalue weighted by atomic mass is 35.5. The number of H-pyrrole nitrogens is 1. The molecule has 3 rings (SSSR count). The maximum Gasteiger partial charge on any atom is 0.416 e. The van der Waals surface area contributed by atoms with Crippen molar-refractivity contribution in [3.05, 3.63) is 62.4 Å². The first-order chi connectivity index (χ1) is 12.6. The molecule has 1 aromatic carbocycles. The zero-order chi connectivity index (χ0) is 19.9. The van der Waals surface area contributed by atoms with E-state index in [-0.39, 0.29) is 10.6 Å². The Balaban J connectivity index is 2.01. The summed E-state index contributed by atoms with van der Waals surface area (Å²) in [5.74, 6) is 0.857. The summed E-state index contributed by atoms with van der Waals surface area (Å²) in [4.78, 5) is 18.4. The first-order valence-corrected chi connectivity index (χ1v) is 8.30. The Hall–Kier alpha value is -2.68. The molecule has 0 bridgehead atoms. The molecular weight excluding hydrogens is 383 g/mol. The molecular formula is C17H15ClF3N5O. The molecule has 10 heteroatoms. The number of hydrogen-bond donors (Lipinski definition) is 1. The molecule has 142 valence electrons. The summed E-state index contributed by atoms with van der Waals surface area (Å²) in [5.41, 5.74) is -0.295. The number of halogens is 4. The van der Waals surface area contributed by atoms with Crippen LogP contribution < -0.4 is 5.56 Å². The summed E-state index contributed by atoms with van der Waals surface area (Å²) in [6.45, 7) is 3.41. The molecule has 0 fully saturated rings. The van der Waals surface area contributed by atoms with E-state index in [1.165, 1.54) is 12.1 Å². The second-order valence-electron chi connectivity index (χ2n) is 6.11. The zero-order valence-corrected chi connectivity index (χ0v) is 15.4. The maximum absolute atomic E-state index is 12.8. The van der Waals surface area contributed by atoms with Gasteiger partial charge in [-0.25, -0.2) is 4.98 Å². The summed E-state index contributed by atoms with van der Waals surface area (Å²) in [7, 11) is 1.69. The van der Waals surface area contributed by atoms with Gasteiger partial charge >= 0.3 is 6.18 Å². The number of hydrogen-bond acceptors (Lipinski definition) is 4. The van der Waals surface area contributed by atoms with E-state index < -0.39 is 17.7 Å². The molecule has 6 nitrogen and oxygen atoms in total. The smallest absolute Gasteiger partial charge is 0.312 e. The van der Waals surface area contributed by atoms with Gasteiger partial charge in [-0.15, -0.1) is 10.2 Å². The van der Waals surface area contributed by atoms with Crippen molar-refractivity contribution in [2.75, 3.05) is 0 Å². The average Bonchev–Trinajstić information content (AvgIpc) is 2.94. The van der Waals surface area contributed by atoms with E-state index in [0.717, 1.165) is 12.1 Å². The van der Waals surface area contributed by atoms with Gasteiger partial charge in [-0.2, -0.15) is 13.2 Å². The number of aryl methyl sites for hydroxylation is 1. The highest BCUT2D eigenvalue weighted by molar-refractivity contribution is 6.31. The topological polar surface area (TPSA) is 76.5 Å². The zero-order valence-electron chi connectivity index (χ0n) is 14.6. The summed E-state index contributed by atoms with van der Waals surface area (Å²) >= 11 is 6.08. The van der Waals surface area contributed by atoms with Crippen molar-refractivity contribution in [2.24, 2.45) is 7.05 Å². The lowest BCUT2D eigenvalue weighted by atomic mass is 9.98. The van der Waals surface area contributed by atoms with Gasteiger partial charge in [0, 0.05) is 24.1 Å². The van der Waals surface area contributed by atoms with Crippen molar-refractivity contribution >= 4 is 11.6 Å². The Labute approximate surface area is 157 Å². The normalized spacial score (nSPS) is 13.0. The predicted molar refractivity (Wildman–Crippen MR) is 93.6 cm³/mol. The minimum atomic E-state index is -4.47. The Bertz CT molecular complexity index is 1060. The summed E-state index contributed by atoms with van der Waals surface area (Å²) < 4.78 is 40.1. The monoisotopic (exact) mass is 397 g/mol. The minimum absolute atomic E-state index is 0.00741. The van der Waals surface area contributed by atoms with Crippen molar-refractivity contribution in [3.8, 4) is 11.5 Å². The van der Waals surface area contributed by atoms with Gasteiger partial charge in [-0.3, -0.25) is 4.79 Å². The van der Waals surface area contributed by atoms with E-state index in [1.807, 2.05) is 0 Å². The Kier molecular flexibility index (Phi) is 4.81.